The lowest BCUT2D eigenvalue weighted by molar-refractivity contribution is -0.245. The Labute approximate surface area is 245 Å². The van der Waals surface area contributed by atoms with Crippen molar-refractivity contribution in [3.05, 3.63) is 89.6 Å². The zero-order valence-corrected chi connectivity index (χ0v) is 23.3. The number of nitrogens with one attached hydrogen (secondary N) is 1. The van der Waals surface area contributed by atoms with Gasteiger partial charge in [-0.15, -0.1) is 11.8 Å². The van der Waals surface area contributed by atoms with Crippen molar-refractivity contribution in [2.45, 2.75) is 61.6 Å². The number of ether oxygens (including phenoxy) is 2. The third kappa shape index (κ3) is 7.30. The Kier molecular flexibility index (Phi) is 9.47. The molecule has 4 atom stereocenters. The Hall–Kier alpha value is -3.45. The second-order valence-electron chi connectivity index (χ2n) is 10.1. The summed E-state index contributed by atoms with van der Waals surface area (Å²) in [7, 11) is 0. The zero-order chi connectivity index (χ0) is 29.7. The van der Waals surface area contributed by atoms with Crippen molar-refractivity contribution in [2.24, 2.45) is 0 Å². The number of benzene rings is 2. The summed E-state index contributed by atoms with van der Waals surface area (Å²) >= 11 is 1.58. The van der Waals surface area contributed by atoms with E-state index in [4.69, 9.17) is 9.47 Å². The molecular weight excluding hydrogens is 571 g/mol. The van der Waals surface area contributed by atoms with Crippen LogP contribution in [0.25, 0.3) is 0 Å². The quantitative estimate of drug-likeness (QED) is 0.334. The van der Waals surface area contributed by atoms with Crippen LogP contribution in [0.5, 0.6) is 0 Å². The molecule has 1 aromatic heterocycles. The standard InChI is InChI=1S/C30H30F3N3O5S/c31-30(32,33)29(39)36-15-3-4-24(36)27(38)35-22-12-10-21(11-13-22)28-40-23(18-42-26-5-1-2-14-34-26)16-25(41-28)20-8-6-19(17-37)7-9-20/h1-2,5-14,23-25,28,37H,3-4,15-18H2,(H,35,38)/t23-,24-,25+,28+/m0/s1. The van der Waals surface area contributed by atoms with Gasteiger partial charge < -0.3 is 24.8 Å². The molecule has 2 N–H and O–H groups in total. The predicted octanol–water partition coefficient (Wildman–Crippen LogP) is 5.40. The van der Waals surface area contributed by atoms with E-state index >= 15 is 0 Å². The number of hydrogen-bond donors (Lipinski definition) is 2. The van der Waals surface area contributed by atoms with Crippen LogP contribution >= 0.6 is 11.8 Å². The molecule has 2 fully saturated rings. The molecule has 2 amide bonds. The Balaban J connectivity index is 1.28. The van der Waals surface area contributed by atoms with Gasteiger partial charge in [0.1, 0.15) is 6.04 Å². The summed E-state index contributed by atoms with van der Waals surface area (Å²) in [6.07, 6.45) is -3.36. The maximum Gasteiger partial charge on any atom is 0.471 e. The van der Waals surface area contributed by atoms with Crippen molar-refractivity contribution in [1.29, 1.82) is 0 Å². The highest BCUT2D eigenvalue weighted by Crippen LogP contribution is 2.39. The topological polar surface area (TPSA) is 101 Å². The van der Waals surface area contributed by atoms with Gasteiger partial charge in [-0.1, -0.05) is 42.5 Å². The number of rotatable bonds is 8. The van der Waals surface area contributed by atoms with E-state index in [-0.39, 0.29) is 31.8 Å². The van der Waals surface area contributed by atoms with Crippen LogP contribution in [0.1, 0.15) is 48.3 Å². The molecule has 42 heavy (non-hydrogen) atoms. The molecule has 0 radical (unpaired) electrons. The largest absolute Gasteiger partial charge is 0.471 e. The van der Waals surface area contributed by atoms with E-state index in [9.17, 15) is 27.9 Å². The molecule has 2 aliphatic heterocycles. The Morgan fingerprint density at radius 3 is 2.43 bits per heavy atom. The number of thioether (sulfide) groups is 1. The fraction of sp³-hybridized carbons (Fsp3) is 0.367. The number of aliphatic hydroxyl groups excluding tert-OH is 1. The first kappa shape index (κ1) is 30.0. The van der Waals surface area contributed by atoms with Crippen LogP contribution < -0.4 is 5.32 Å². The number of amides is 2. The first-order valence-corrected chi connectivity index (χ1v) is 14.5. The Morgan fingerprint density at radius 1 is 1.02 bits per heavy atom. The van der Waals surface area contributed by atoms with Gasteiger partial charge in [-0.2, -0.15) is 13.2 Å². The molecule has 0 aliphatic carbocycles. The second-order valence-corrected chi connectivity index (χ2v) is 11.1. The van der Waals surface area contributed by atoms with Gasteiger partial charge in [0, 0.05) is 36.2 Å². The Morgan fingerprint density at radius 2 is 1.76 bits per heavy atom. The van der Waals surface area contributed by atoms with E-state index < -0.39 is 30.3 Å². The van der Waals surface area contributed by atoms with Gasteiger partial charge in [-0.25, -0.2) is 4.98 Å². The highest BCUT2D eigenvalue weighted by Gasteiger charge is 2.47. The molecule has 2 saturated heterocycles. The van der Waals surface area contributed by atoms with E-state index in [1.54, 1.807) is 42.2 Å². The maximum atomic E-state index is 13.0. The van der Waals surface area contributed by atoms with Crippen LogP contribution in [0.15, 0.2) is 78.0 Å². The fourth-order valence-corrected chi connectivity index (χ4v) is 5.91. The average Bonchev–Trinajstić information content (AvgIpc) is 3.50. The van der Waals surface area contributed by atoms with E-state index in [1.165, 1.54) is 0 Å². The number of anilines is 1. The van der Waals surface area contributed by atoms with E-state index in [0.29, 0.717) is 34.7 Å². The van der Waals surface area contributed by atoms with Crippen molar-refractivity contribution >= 4 is 29.3 Å². The molecule has 0 unspecified atom stereocenters. The number of carbonyl (C=O) groups excluding carboxylic acids is 2. The number of hydrogen-bond acceptors (Lipinski definition) is 7. The van der Waals surface area contributed by atoms with Crippen molar-refractivity contribution in [3.63, 3.8) is 0 Å². The summed E-state index contributed by atoms with van der Waals surface area (Å²) in [6, 6.07) is 18.8. The number of aliphatic hydroxyl groups is 1. The highest BCUT2D eigenvalue weighted by molar-refractivity contribution is 7.99. The monoisotopic (exact) mass is 601 g/mol. The molecule has 0 saturated carbocycles. The molecular formula is C30H30F3N3O5S. The van der Waals surface area contributed by atoms with Gasteiger partial charge >= 0.3 is 12.1 Å². The lowest BCUT2D eigenvalue weighted by atomic mass is 10.0. The molecule has 12 heteroatoms. The summed E-state index contributed by atoms with van der Waals surface area (Å²) in [6.45, 7) is -0.170. The zero-order valence-electron chi connectivity index (χ0n) is 22.5. The number of aromatic nitrogens is 1. The third-order valence-corrected chi connectivity index (χ3v) is 8.25. The van der Waals surface area contributed by atoms with Crippen LogP contribution in [-0.2, 0) is 25.7 Å². The van der Waals surface area contributed by atoms with Gasteiger partial charge in [0.15, 0.2) is 6.29 Å². The number of pyridine rings is 1. The molecule has 8 nitrogen and oxygen atoms in total. The lowest BCUT2D eigenvalue weighted by Gasteiger charge is -2.36. The summed E-state index contributed by atoms with van der Waals surface area (Å²) in [5.74, 6) is -2.02. The van der Waals surface area contributed by atoms with Crippen molar-refractivity contribution in [3.8, 4) is 0 Å². The first-order valence-electron chi connectivity index (χ1n) is 13.5. The number of nitrogens with zero attached hydrogens (tertiary/aromatic N) is 2. The molecule has 2 aromatic carbocycles. The van der Waals surface area contributed by atoms with E-state index in [1.807, 2.05) is 42.5 Å². The highest BCUT2D eigenvalue weighted by atomic mass is 32.2. The molecule has 3 heterocycles. The number of halogens is 3. The van der Waals surface area contributed by atoms with Crippen molar-refractivity contribution < 1.29 is 37.3 Å². The summed E-state index contributed by atoms with van der Waals surface area (Å²) in [4.78, 5) is 29.5. The normalized spacial score (nSPS) is 22.6. The van der Waals surface area contributed by atoms with Crippen LogP contribution in [-0.4, -0.2) is 57.4 Å². The van der Waals surface area contributed by atoms with Gasteiger partial charge in [-0.3, -0.25) is 9.59 Å². The minimum Gasteiger partial charge on any atom is -0.392 e. The third-order valence-electron chi connectivity index (χ3n) is 7.18. The smallest absolute Gasteiger partial charge is 0.392 e. The Bertz CT molecular complexity index is 1360. The van der Waals surface area contributed by atoms with Crippen LogP contribution in [0.3, 0.4) is 0 Å². The molecule has 0 spiro atoms. The molecule has 2 aliphatic rings. The van der Waals surface area contributed by atoms with E-state index in [0.717, 1.165) is 16.2 Å². The summed E-state index contributed by atoms with van der Waals surface area (Å²) < 4.78 is 51.5. The van der Waals surface area contributed by atoms with Crippen molar-refractivity contribution in [2.75, 3.05) is 17.6 Å². The van der Waals surface area contributed by atoms with Crippen molar-refractivity contribution in [1.82, 2.24) is 9.88 Å². The fourth-order valence-electron chi connectivity index (χ4n) is 5.03. The van der Waals surface area contributed by atoms with Crippen LogP contribution in [0.4, 0.5) is 18.9 Å². The molecule has 5 rings (SSSR count). The summed E-state index contributed by atoms with van der Waals surface area (Å²) in [5.41, 5.74) is 2.83. The van der Waals surface area contributed by atoms with Gasteiger partial charge in [-0.05, 0) is 48.2 Å². The number of alkyl halides is 3. The molecule has 0 bridgehead atoms. The SMILES string of the molecule is O=C(Nc1ccc([C@@H]2O[C@H](CSc3ccccn3)C[C@H](c3ccc(CO)cc3)O2)cc1)[C@@H]1CCCN1C(=O)C(F)(F)F. The second kappa shape index (κ2) is 13.2. The number of likely N-dealkylation sites (tertiary alicyclic amines) is 1. The predicted molar refractivity (Wildman–Crippen MR) is 149 cm³/mol. The van der Waals surface area contributed by atoms with Gasteiger partial charge in [0.2, 0.25) is 5.91 Å². The minimum atomic E-state index is -5.03. The minimum absolute atomic E-state index is 0.0544. The molecule has 222 valence electrons. The molecule has 3 aromatic rings. The first-order chi connectivity index (χ1) is 20.2. The summed E-state index contributed by atoms with van der Waals surface area (Å²) in [5, 5.41) is 12.9. The average molecular weight is 602 g/mol. The van der Waals surface area contributed by atoms with Gasteiger partial charge in [0.25, 0.3) is 0 Å². The van der Waals surface area contributed by atoms with Crippen LogP contribution in [0.2, 0.25) is 0 Å². The van der Waals surface area contributed by atoms with Crippen LogP contribution in [0, 0.1) is 0 Å². The van der Waals surface area contributed by atoms with E-state index in [2.05, 4.69) is 10.3 Å². The number of carbonyl (C=O) groups is 2. The maximum absolute atomic E-state index is 13.0. The lowest BCUT2D eigenvalue weighted by Crippen LogP contribution is -2.48. The van der Waals surface area contributed by atoms with Gasteiger partial charge in [0.05, 0.1) is 23.8 Å².